The molecule has 3 fully saturated rings. The highest BCUT2D eigenvalue weighted by atomic mass is 16.3. The smallest absolute Gasteiger partial charge is 0.131 e. The lowest BCUT2D eigenvalue weighted by Gasteiger charge is -2.62. The minimum absolute atomic E-state index is 0.274. The second-order valence-corrected chi connectivity index (χ2v) is 8.09. The lowest BCUT2D eigenvalue weighted by Crippen LogP contribution is -2.70. The van der Waals surface area contributed by atoms with Crippen molar-refractivity contribution in [1.82, 2.24) is 4.98 Å². The van der Waals surface area contributed by atoms with Crippen LogP contribution in [0.4, 0.5) is 0 Å². The molecule has 0 saturated carbocycles. The van der Waals surface area contributed by atoms with Crippen LogP contribution < -0.4 is 0 Å². The summed E-state index contributed by atoms with van der Waals surface area (Å²) in [5.74, 6) is 1.20. The normalized spacial score (nSPS) is 38.7. The van der Waals surface area contributed by atoms with E-state index in [0.29, 0.717) is 29.7 Å². The summed E-state index contributed by atoms with van der Waals surface area (Å²) in [4.78, 5) is 3.67. The maximum absolute atomic E-state index is 10.1. The van der Waals surface area contributed by atoms with Crippen molar-refractivity contribution in [2.24, 2.45) is 11.8 Å². The van der Waals surface area contributed by atoms with Gasteiger partial charge in [0.2, 0.25) is 0 Å². The Labute approximate surface area is 142 Å². The molecule has 0 aliphatic carbocycles. The second-order valence-electron chi connectivity index (χ2n) is 8.09. The van der Waals surface area contributed by atoms with Crippen LogP contribution in [-0.2, 0) is 6.42 Å². The van der Waals surface area contributed by atoms with Crippen molar-refractivity contribution < 1.29 is 14.7 Å². The second kappa shape index (κ2) is 4.64. The molecule has 0 unspecified atom stereocenters. The van der Waals surface area contributed by atoms with E-state index in [0.717, 1.165) is 34.8 Å². The predicted octanol–water partition coefficient (Wildman–Crippen LogP) is 2.87. The van der Waals surface area contributed by atoms with E-state index in [1.54, 1.807) is 6.07 Å². The topological polar surface area (TPSA) is 56.2 Å². The van der Waals surface area contributed by atoms with Gasteiger partial charge >= 0.3 is 0 Å². The summed E-state index contributed by atoms with van der Waals surface area (Å²) >= 11 is 0. The molecule has 4 heteroatoms. The van der Waals surface area contributed by atoms with Gasteiger partial charge in [0.25, 0.3) is 0 Å². The molecule has 4 aliphatic rings. The third kappa shape index (κ3) is 1.60. The van der Waals surface area contributed by atoms with Crippen molar-refractivity contribution in [2.45, 2.75) is 31.8 Å². The van der Waals surface area contributed by atoms with Gasteiger partial charge in [0.05, 0.1) is 25.4 Å². The molecule has 3 saturated heterocycles. The summed E-state index contributed by atoms with van der Waals surface area (Å²) in [6.07, 6.45) is 4.39. The van der Waals surface area contributed by atoms with Crippen LogP contribution in [0.1, 0.15) is 30.6 Å². The Bertz CT molecular complexity index is 868. The molecule has 3 N–H and O–H groups in total. The average Bonchev–Trinajstić information content (AvgIpc) is 2.91. The molecule has 126 valence electrons. The number of fused-ring (bicyclic) bond motifs is 4. The van der Waals surface area contributed by atoms with Crippen LogP contribution in [0.15, 0.2) is 29.8 Å². The first kappa shape index (κ1) is 14.6. The van der Waals surface area contributed by atoms with Crippen molar-refractivity contribution >= 4 is 10.9 Å². The van der Waals surface area contributed by atoms with Crippen LogP contribution in [0.3, 0.4) is 0 Å². The first-order valence-corrected chi connectivity index (χ1v) is 9.01. The van der Waals surface area contributed by atoms with E-state index in [9.17, 15) is 10.2 Å². The van der Waals surface area contributed by atoms with Crippen molar-refractivity contribution in [3.8, 4) is 5.75 Å². The predicted molar refractivity (Wildman–Crippen MR) is 93.7 cm³/mol. The molecule has 1 aromatic carbocycles. The Morgan fingerprint density at radius 2 is 2.21 bits per heavy atom. The first-order valence-electron chi connectivity index (χ1n) is 9.01. The number of aromatic nitrogens is 1. The molecule has 4 bridgehead atoms. The van der Waals surface area contributed by atoms with Crippen LogP contribution in [0.5, 0.6) is 5.75 Å². The van der Waals surface area contributed by atoms with E-state index in [1.807, 2.05) is 12.1 Å². The summed E-state index contributed by atoms with van der Waals surface area (Å²) in [5.41, 5.74) is 5.39. The number of rotatable bonds is 1. The summed E-state index contributed by atoms with van der Waals surface area (Å²) in [6.45, 7) is 3.52. The number of aromatic hydroxyl groups is 1. The standard InChI is InChI=1S/C20H24N2O2/c1-3-11-9-22(2)18-8-15-14-6-12(24)4-5-17(14)21-20(15)19(22)7-13(11)16(18)10-23/h3-6,13,16,18-19,21,23H,7-10H2,1-2H3/p+1/b11-3-/t13-,16+,18+,19+,22-/m1/s1. The number of aliphatic hydroxyl groups is 1. The number of phenols is 1. The zero-order valence-corrected chi connectivity index (χ0v) is 14.3. The van der Waals surface area contributed by atoms with Crippen molar-refractivity contribution in [2.75, 3.05) is 20.2 Å². The van der Waals surface area contributed by atoms with Crippen molar-refractivity contribution in [3.63, 3.8) is 0 Å². The number of likely N-dealkylation sites (N-methyl/N-ethyl adjacent to an activating group) is 1. The van der Waals surface area contributed by atoms with Gasteiger partial charge in [-0.05, 0) is 36.3 Å². The van der Waals surface area contributed by atoms with Gasteiger partial charge in [-0.2, -0.15) is 0 Å². The van der Waals surface area contributed by atoms with Gasteiger partial charge < -0.3 is 19.7 Å². The SMILES string of the molecule is C/C=C1/C[N@@+]2(C)[C@H]3C[C@H]1[C@H](CO)[C@@H]2Cc1c3[nH]c2ccc(O)cc12. The molecule has 5 atom stereocenters. The minimum Gasteiger partial charge on any atom is -0.508 e. The summed E-state index contributed by atoms with van der Waals surface area (Å²) in [7, 11) is 2.38. The fourth-order valence-electron chi connectivity index (χ4n) is 6.05. The van der Waals surface area contributed by atoms with Crippen LogP contribution >= 0.6 is 0 Å². The van der Waals surface area contributed by atoms with Gasteiger partial charge in [-0.3, -0.25) is 0 Å². The van der Waals surface area contributed by atoms with Gasteiger partial charge in [0.1, 0.15) is 18.3 Å². The summed E-state index contributed by atoms with van der Waals surface area (Å²) in [6, 6.07) is 6.58. The number of aromatic amines is 1. The van der Waals surface area contributed by atoms with Gasteiger partial charge in [-0.25, -0.2) is 0 Å². The molecule has 24 heavy (non-hydrogen) atoms. The Hall–Kier alpha value is -1.78. The lowest BCUT2D eigenvalue weighted by atomic mass is 9.62. The quantitative estimate of drug-likeness (QED) is 0.558. The number of nitrogens with one attached hydrogen (secondary N) is 1. The fraction of sp³-hybridized carbons (Fsp3) is 0.500. The molecule has 0 amide bonds. The number of aliphatic hydroxyl groups excluding tert-OH is 1. The Balaban J connectivity index is 1.73. The number of benzene rings is 1. The molecule has 1 aromatic heterocycles. The van der Waals surface area contributed by atoms with Crippen LogP contribution in [-0.4, -0.2) is 45.9 Å². The lowest BCUT2D eigenvalue weighted by molar-refractivity contribution is -0.978. The molecule has 6 rings (SSSR count). The molecular weight excluding hydrogens is 300 g/mol. The van der Waals surface area contributed by atoms with Crippen LogP contribution in [0, 0.1) is 11.8 Å². The van der Waals surface area contributed by atoms with E-state index >= 15 is 0 Å². The zero-order valence-electron chi connectivity index (χ0n) is 14.3. The largest absolute Gasteiger partial charge is 0.508 e. The average molecular weight is 325 g/mol. The highest BCUT2D eigenvalue weighted by Gasteiger charge is 2.61. The maximum atomic E-state index is 10.1. The molecule has 2 aromatic rings. The van der Waals surface area contributed by atoms with Gasteiger partial charge in [0.15, 0.2) is 0 Å². The van der Waals surface area contributed by atoms with E-state index in [1.165, 1.54) is 16.8 Å². The summed E-state index contributed by atoms with van der Waals surface area (Å²) in [5, 5.41) is 21.2. The van der Waals surface area contributed by atoms with Gasteiger partial charge in [0, 0.05) is 35.6 Å². The van der Waals surface area contributed by atoms with E-state index in [4.69, 9.17) is 0 Å². The number of allylic oxidation sites excluding steroid dienone is 1. The monoisotopic (exact) mass is 325 g/mol. The molecule has 5 heterocycles. The van der Waals surface area contributed by atoms with E-state index in [2.05, 4.69) is 25.0 Å². The first-order chi connectivity index (χ1) is 11.6. The zero-order chi connectivity index (χ0) is 16.6. The van der Waals surface area contributed by atoms with Gasteiger partial charge in [-0.1, -0.05) is 6.08 Å². The summed E-state index contributed by atoms with van der Waals surface area (Å²) < 4.78 is 1.02. The fourth-order valence-corrected chi connectivity index (χ4v) is 6.05. The number of phenolic OH excluding ortho intramolecular Hbond substituents is 1. The number of piperidine rings is 3. The number of hydrogen-bond donors (Lipinski definition) is 3. The molecular formula is C20H25N2O2+. The molecule has 0 spiro atoms. The highest BCUT2D eigenvalue weighted by Crippen LogP contribution is 2.57. The Morgan fingerprint density at radius 3 is 2.96 bits per heavy atom. The van der Waals surface area contributed by atoms with E-state index < -0.39 is 0 Å². The van der Waals surface area contributed by atoms with Crippen LogP contribution in [0.2, 0.25) is 0 Å². The third-order valence-corrected chi connectivity index (χ3v) is 7.21. The van der Waals surface area contributed by atoms with Crippen molar-refractivity contribution in [1.29, 1.82) is 0 Å². The number of H-pyrrole nitrogens is 1. The molecule has 0 radical (unpaired) electrons. The number of quaternary nitrogens is 1. The Morgan fingerprint density at radius 1 is 1.38 bits per heavy atom. The third-order valence-electron chi connectivity index (χ3n) is 7.21. The molecule has 4 nitrogen and oxygen atoms in total. The van der Waals surface area contributed by atoms with Gasteiger partial charge in [-0.15, -0.1) is 0 Å². The molecule has 4 aliphatic heterocycles. The minimum atomic E-state index is 0.274. The number of hydrogen-bond acceptors (Lipinski definition) is 2. The van der Waals surface area contributed by atoms with E-state index in [-0.39, 0.29) is 6.61 Å². The van der Waals surface area contributed by atoms with Crippen molar-refractivity contribution in [3.05, 3.63) is 41.1 Å². The number of nitrogens with zero attached hydrogens (tertiary/aromatic N) is 1. The Kier molecular flexibility index (Phi) is 2.82. The van der Waals surface area contributed by atoms with Crippen LogP contribution in [0.25, 0.3) is 10.9 Å². The highest BCUT2D eigenvalue weighted by molar-refractivity contribution is 5.86. The maximum Gasteiger partial charge on any atom is 0.131 e.